The van der Waals surface area contributed by atoms with Gasteiger partial charge < -0.3 is 11.1 Å². The number of carbonyl (C=O) groups is 2. The van der Waals surface area contributed by atoms with Crippen LogP contribution in [0.5, 0.6) is 0 Å². The summed E-state index contributed by atoms with van der Waals surface area (Å²) >= 11 is 0. The lowest BCUT2D eigenvalue weighted by molar-refractivity contribution is -0.117. The van der Waals surface area contributed by atoms with Gasteiger partial charge in [-0.3, -0.25) is 19.7 Å². The third-order valence-electron chi connectivity index (χ3n) is 3.25. The molecule has 2 heterocycles. The van der Waals surface area contributed by atoms with Gasteiger partial charge in [0.1, 0.15) is 5.82 Å². The van der Waals surface area contributed by atoms with Crippen LogP contribution < -0.4 is 11.1 Å². The van der Waals surface area contributed by atoms with Gasteiger partial charge in [0.15, 0.2) is 0 Å². The molecule has 0 atom stereocenters. The molecule has 4 N–H and O–H groups in total. The van der Waals surface area contributed by atoms with Crippen LogP contribution in [-0.4, -0.2) is 33.5 Å². The summed E-state index contributed by atoms with van der Waals surface area (Å²) in [5.41, 5.74) is 5.73. The number of H-pyrrole nitrogens is 1. The fraction of sp³-hybridized carbons (Fsp3) is 0.111. The maximum absolute atomic E-state index is 13.7. The van der Waals surface area contributed by atoms with E-state index < -0.39 is 17.6 Å². The molecular formula is C18H18FN5O2. The number of hydrogen-bond donors (Lipinski definition) is 3. The molecule has 0 aliphatic heterocycles. The van der Waals surface area contributed by atoms with Gasteiger partial charge in [-0.25, -0.2) is 4.39 Å². The van der Waals surface area contributed by atoms with Crippen molar-refractivity contribution in [3.63, 3.8) is 0 Å². The number of nitrogens with zero attached hydrogens (tertiary/aromatic N) is 2. The maximum atomic E-state index is 13.7. The summed E-state index contributed by atoms with van der Waals surface area (Å²) in [5, 5.41) is 8.88. The summed E-state index contributed by atoms with van der Waals surface area (Å²) in [5.74, 6) is -1.41. The van der Waals surface area contributed by atoms with E-state index in [2.05, 4.69) is 20.5 Å². The van der Waals surface area contributed by atoms with E-state index in [1.54, 1.807) is 30.6 Å². The van der Waals surface area contributed by atoms with Crippen molar-refractivity contribution >= 4 is 11.8 Å². The van der Waals surface area contributed by atoms with E-state index in [0.717, 1.165) is 0 Å². The number of primary amides is 1. The Kier molecular flexibility index (Phi) is 6.99. The second-order valence-electron chi connectivity index (χ2n) is 5.14. The number of amides is 2. The van der Waals surface area contributed by atoms with Gasteiger partial charge in [-0.1, -0.05) is 18.2 Å². The normalized spacial score (nSPS) is 9.73. The van der Waals surface area contributed by atoms with E-state index >= 15 is 0 Å². The van der Waals surface area contributed by atoms with Gasteiger partial charge in [-0.15, -0.1) is 0 Å². The summed E-state index contributed by atoms with van der Waals surface area (Å²) in [6.07, 6.45) is 4.85. The van der Waals surface area contributed by atoms with Crippen molar-refractivity contribution < 1.29 is 14.0 Å². The molecule has 134 valence electrons. The van der Waals surface area contributed by atoms with Gasteiger partial charge in [0.2, 0.25) is 5.91 Å². The quantitative estimate of drug-likeness (QED) is 0.648. The highest BCUT2D eigenvalue weighted by atomic mass is 19.1. The van der Waals surface area contributed by atoms with Crippen molar-refractivity contribution in [2.45, 2.75) is 6.42 Å². The molecule has 8 heteroatoms. The minimum absolute atomic E-state index is 0.0403. The molecule has 0 unspecified atom stereocenters. The van der Waals surface area contributed by atoms with Gasteiger partial charge >= 0.3 is 0 Å². The molecule has 0 radical (unpaired) electrons. The van der Waals surface area contributed by atoms with Crippen LogP contribution in [0.2, 0.25) is 0 Å². The van der Waals surface area contributed by atoms with Crippen LogP contribution in [0.1, 0.15) is 16.8 Å². The average molecular weight is 355 g/mol. The number of rotatable bonds is 5. The van der Waals surface area contributed by atoms with Gasteiger partial charge in [0.05, 0.1) is 17.5 Å². The Morgan fingerprint density at radius 1 is 1.12 bits per heavy atom. The van der Waals surface area contributed by atoms with Crippen molar-refractivity contribution in [2.75, 3.05) is 6.54 Å². The van der Waals surface area contributed by atoms with Crippen molar-refractivity contribution in [3.05, 3.63) is 72.4 Å². The molecule has 3 aromatic rings. The molecule has 0 fully saturated rings. The molecule has 0 saturated carbocycles. The van der Waals surface area contributed by atoms with E-state index in [1.807, 2.05) is 18.2 Å². The zero-order valence-electron chi connectivity index (χ0n) is 13.9. The number of hydrogen-bond acceptors (Lipinski definition) is 4. The molecule has 0 saturated heterocycles. The standard InChI is InChI=1S/C13H13FN4O2.C5H5N/c14-10-4-2-1-3-8(10)12-9(7-17-18-12)13(20)16-6-5-11(15)19;1-2-4-6-5-3-1/h1-4,7H,5-6H2,(H2,15,19)(H,16,20)(H,17,18);1-5H. The Bertz CT molecular complexity index is 825. The van der Waals surface area contributed by atoms with E-state index in [0.29, 0.717) is 5.69 Å². The second-order valence-corrected chi connectivity index (χ2v) is 5.14. The van der Waals surface area contributed by atoms with E-state index in [-0.39, 0.29) is 24.1 Å². The fourth-order valence-corrected chi connectivity index (χ4v) is 2.03. The smallest absolute Gasteiger partial charge is 0.255 e. The number of nitrogens with one attached hydrogen (secondary N) is 2. The van der Waals surface area contributed by atoms with Gasteiger partial charge in [0, 0.05) is 30.9 Å². The molecule has 1 aromatic carbocycles. The monoisotopic (exact) mass is 355 g/mol. The number of aromatic nitrogens is 3. The number of carbonyl (C=O) groups excluding carboxylic acids is 2. The first kappa shape index (κ1) is 18.8. The van der Waals surface area contributed by atoms with Crippen LogP contribution in [0.15, 0.2) is 61.1 Å². The first-order valence-electron chi connectivity index (χ1n) is 7.79. The Morgan fingerprint density at radius 3 is 2.42 bits per heavy atom. The molecular weight excluding hydrogens is 337 g/mol. The van der Waals surface area contributed by atoms with Crippen molar-refractivity contribution in [1.82, 2.24) is 20.5 Å². The summed E-state index contributed by atoms with van der Waals surface area (Å²) in [4.78, 5) is 26.3. The first-order valence-corrected chi connectivity index (χ1v) is 7.79. The molecule has 2 amide bonds. The Balaban J connectivity index is 0.000000342. The highest BCUT2D eigenvalue weighted by molar-refractivity contribution is 5.99. The Morgan fingerprint density at radius 2 is 1.85 bits per heavy atom. The second kappa shape index (κ2) is 9.67. The maximum Gasteiger partial charge on any atom is 0.255 e. The zero-order chi connectivity index (χ0) is 18.8. The minimum Gasteiger partial charge on any atom is -0.370 e. The van der Waals surface area contributed by atoms with Gasteiger partial charge in [-0.2, -0.15) is 5.10 Å². The lowest BCUT2D eigenvalue weighted by Crippen LogP contribution is -2.28. The summed E-state index contributed by atoms with van der Waals surface area (Å²) < 4.78 is 13.7. The largest absolute Gasteiger partial charge is 0.370 e. The van der Waals surface area contributed by atoms with Gasteiger partial charge in [0.25, 0.3) is 5.91 Å². The first-order chi connectivity index (χ1) is 12.6. The van der Waals surface area contributed by atoms with Crippen molar-refractivity contribution in [1.29, 1.82) is 0 Å². The summed E-state index contributed by atoms with van der Waals surface area (Å²) in [6.45, 7) is 0.121. The third-order valence-corrected chi connectivity index (χ3v) is 3.25. The molecule has 2 aromatic heterocycles. The van der Waals surface area contributed by atoms with Crippen LogP contribution in [0, 0.1) is 5.82 Å². The van der Waals surface area contributed by atoms with E-state index in [4.69, 9.17) is 5.73 Å². The van der Waals surface area contributed by atoms with Crippen LogP contribution in [0.4, 0.5) is 4.39 Å². The molecule has 0 bridgehead atoms. The number of aromatic amines is 1. The number of pyridine rings is 1. The van der Waals surface area contributed by atoms with Crippen LogP contribution in [0.3, 0.4) is 0 Å². The third kappa shape index (κ3) is 5.52. The van der Waals surface area contributed by atoms with Crippen LogP contribution >= 0.6 is 0 Å². The Labute approximate surface area is 149 Å². The zero-order valence-corrected chi connectivity index (χ0v) is 13.9. The van der Waals surface area contributed by atoms with Crippen molar-refractivity contribution in [3.8, 4) is 11.3 Å². The summed E-state index contributed by atoms with van der Waals surface area (Å²) in [7, 11) is 0. The molecule has 0 aliphatic carbocycles. The lowest BCUT2D eigenvalue weighted by Gasteiger charge is -2.05. The van der Waals surface area contributed by atoms with Crippen LogP contribution in [-0.2, 0) is 4.79 Å². The highest BCUT2D eigenvalue weighted by Gasteiger charge is 2.17. The molecule has 3 rings (SSSR count). The fourth-order valence-electron chi connectivity index (χ4n) is 2.03. The number of nitrogens with two attached hydrogens (primary N) is 1. The average Bonchev–Trinajstić information content (AvgIpc) is 3.13. The predicted molar refractivity (Wildman–Crippen MR) is 94.4 cm³/mol. The Hall–Kier alpha value is -3.55. The highest BCUT2D eigenvalue weighted by Crippen LogP contribution is 2.23. The van der Waals surface area contributed by atoms with Crippen LogP contribution in [0.25, 0.3) is 11.3 Å². The SMILES string of the molecule is NC(=O)CCNC(=O)c1cn[nH]c1-c1ccccc1F.c1ccncc1. The van der Waals surface area contributed by atoms with Crippen molar-refractivity contribution in [2.24, 2.45) is 5.73 Å². The molecule has 7 nitrogen and oxygen atoms in total. The van der Waals surface area contributed by atoms with E-state index in [1.165, 1.54) is 12.3 Å². The topological polar surface area (TPSA) is 114 Å². The van der Waals surface area contributed by atoms with Gasteiger partial charge in [-0.05, 0) is 24.3 Å². The summed E-state index contributed by atoms with van der Waals surface area (Å²) in [6, 6.07) is 11.8. The number of benzene rings is 1. The molecule has 26 heavy (non-hydrogen) atoms. The molecule has 0 spiro atoms. The van der Waals surface area contributed by atoms with E-state index in [9.17, 15) is 14.0 Å². The number of halogens is 1. The lowest BCUT2D eigenvalue weighted by atomic mass is 10.1. The minimum atomic E-state index is -0.508. The predicted octanol–water partition coefficient (Wildman–Crippen LogP) is 1.90. The molecule has 0 aliphatic rings.